The maximum absolute atomic E-state index is 5.72. The van der Waals surface area contributed by atoms with Crippen LogP contribution in [0.15, 0.2) is 0 Å². The molecule has 1 aliphatic rings. The summed E-state index contributed by atoms with van der Waals surface area (Å²) in [6, 6.07) is 0.724. The van der Waals surface area contributed by atoms with Gasteiger partial charge in [0.2, 0.25) is 0 Å². The Hall–Kier alpha value is -0.520. The molecular formula is C11H20N2. The Bertz CT molecular complexity index is 183. The molecule has 0 aromatic carbocycles. The SMILES string of the molecule is C#CC(C)NC1CCCCC1CN. The van der Waals surface area contributed by atoms with Gasteiger partial charge in [0.15, 0.2) is 0 Å². The summed E-state index contributed by atoms with van der Waals surface area (Å²) in [4.78, 5) is 0. The van der Waals surface area contributed by atoms with Gasteiger partial charge in [-0.1, -0.05) is 18.8 Å². The highest BCUT2D eigenvalue weighted by atomic mass is 15.0. The van der Waals surface area contributed by atoms with E-state index in [4.69, 9.17) is 12.2 Å². The van der Waals surface area contributed by atoms with Gasteiger partial charge < -0.3 is 11.1 Å². The summed E-state index contributed by atoms with van der Waals surface area (Å²) in [5.41, 5.74) is 5.72. The molecule has 0 aromatic heterocycles. The molecule has 74 valence electrons. The number of hydrogen-bond donors (Lipinski definition) is 2. The lowest BCUT2D eigenvalue weighted by atomic mass is 9.84. The second-order valence-corrected chi connectivity index (χ2v) is 3.94. The first-order valence-electron chi connectivity index (χ1n) is 5.20. The first kappa shape index (κ1) is 10.6. The van der Waals surface area contributed by atoms with Gasteiger partial charge in [-0.3, -0.25) is 0 Å². The molecule has 2 nitrogen and oxygen atoms in total. The molecule has 0 aromatic rings. The maximum atomic E-state index is 5.72. The van der Waals surface area contributed by atoms with E-state index in [1.807, 2.05) is 6.92 Å². The summed E-state index contributed by atoms with van der Waals surface area (Å²) >= 11 is 0. The molecule has 0 radical (unpaired) electrons. The van der Waals surface area contributed by atoms with Crippen LogP contribution in [0.2, 0.25) is 0 Å². The average molecular weight is 180 g/mol. The van der Waals surface area contributed by atoms with E-state index in [9.17, 15) is 0 Å². The summed E-state index contributed by atoms with van der Waals surface area (Å²) in [6.45, 7) is 2.82. The highest BCUT2D eigenvalue weighted by molar-refractivity contribution is 4.98. The number of terminal acetylenes is 1. The van der Waals surface area contributed by atoms with Crippen LogP contribution in [0.5, 0.6) is 0 Å². The Morgan fingerprint density at radius 2 is 2.23 bits per heavy atom. The van der Waals surface area contributed by atoms with Gasteiger partial charge in [-0.25, -0.2) is 0 Å². The van der Waals surface area contributed by atoms with Crippen LogP contribution in [0.1, 0.15) is 32.6 Å². The lowest BCUT2D eigenvalue weighted by Gasteiger charge is -2.32. The average Bonchev–Trinajstić information content (AvgIpc) is 2.18. The smallest absolute Gasteiger partial charge is 0.0660 e. The Labute approximate surface area is 81.3 Å². The summed E-state index contributed by atoms with van der Waals surface area (Å²) in [6.07, 6.45) is 10.5. The first-order valence-corrected chi connectivity index (χ1v) is 5.20. The fourth-order valence-electron chi connectivity index (χ4n) is 2.08. The Balaban J connectivity index is 2.41. The van der Waals surface area contributed by atoms with Crippen molar-refractivity contribution in [1.82, 2.24) is 5.32 Å². The summed E-state index contributed by atoms with van der Waals surface area (Å²) in [5.74, 6) is 3.33. The van der Waals surface area contributed by atoms with E-state index < -0.39 is 0 Å². The van der Waals surface area contributed by atoms with Crippen LogP contribution in [-0.4, -0.2) is 18.6 Å². The molecule has 1 fully saturated rings. The van der Waals surface area contributed by atoms with Crippen LogP contribution in [0.3, 0.4) is 0 Å². The molecule has 13 heavy (non-hydrogen) atoms. The molecule has 3 N–H and O–H groups in total. The zero-order valence-corrected chi connectivity index (χ0v) is 8.42. The van der Waals surface area contributed by atoms with E-state index in [2.05, 4.69) is 11.2 Å². The van der Waals surface area contributed by atoms with Crippen LogP contribution in [-0.2, 0) is 0 Å². The van der Waals surface area contributed by atoms with Crippen molar-refractivity contribution in [2.45, 2.75) is 44.7 Å². The summed E-state index contributed by atoms with van der Waals surface area (Å²) in [7, 11) is 0. The molecular weight excluding hydrogens is 160 g/mol. The van der Waals surface area contributed by atoms with Crippen molar-refractivity contribution < 1.29 is 0 Å². The van der Waals surface area contributed by atoms with E-state index >= 15 is 0 Å². The van der Waals surface area contributed by atoms with Gasteiger partial charge in [-0.05, 0) is 32.2 Å². The van der Waals surface area contributed by atoms with E-state index in [1.165, 1.54) is 25.7 Å². The maximum Gasteiger partial charge on any atom is 0.0660 e. The molecule has 1 aliphatic carbocycles. The zero-order valence-electron chi connectivity index (χ0n) is 8.42. The van der Waals surface area contributed by atoms with Crippen molar-refractivity contribution in [2.24, 2.45) is 11.7 Å². The Kier molecular flexibility index (Phi) is 4.27. The van der Waals surface area contributed by atoms with Gasteiger partial charge in [0.1, 0.15) is 0 Å². The number of rotatable bonds is 3. The largest absolute Gasteiger partial charge is 0.330 e. The number of nitrogens with one attached hydrogen (secondary N) is 1. The van der Waals surface area contributed by atoms with Crippen LogP contribution in [0, 0.1) is 18.3 Å². The van der Waals surface area contributed by atoms with Crippen molar-refractivity contribution >= 4 is 0 Å². The van der Waals surface area contributed by atoms with E-state index in [0.717, 1.165) is 6.54 Å². The zero-order chi connectivity index (χ0) is 9.68. The highest BCUT2D eigenvalue weighted by Gasteiger charge is 2.24. The first-order chi connectivity index (χ1) is 6.27. The van der Waals surface area contributed by atoms with Crippen molar-refractivity contribution in [3.8, 4) is 12.3 Å². The van der Waals surface area contributed by atoms with Crippen molar-refractivity contribution in [2.75, 3.05) is 6.54 Å². The fraction of sp³-hybridized carbons (Fsp3) is 0.818. The molecule has 0 heterocycles. The highest BCUT2D eigenvalue weighted by Crippen LogP contribution is 2.23. The second-order valence-electron chi connectivity index (χ2n) is 3.94. The third-order valence-electron chi connectivity index (χ3n) is 2.93. The molecule has 3 atom stereocenters. The molecule has 1 rings (SSSR count). The molecule has 0 aliphatic heterocycles. The van der Waals surface area contributed by atoms with Crippen molar-refractivity contribution in [3.63, 3.8) is 0 Å². The van der Waals surface area contributed by atoms with Crippen LogP contribution in [0.25, 0.3) is 0 Å². The van der Waals surface area contributed by atoms with E-state index in [0.29, 0.717) is 12.0 Å². The van der Waals surface area contributed by atoms with Crippen molar-refractivity contribution in [3.05, 3.63) is 0 Å². The molecule has 0 bridgehead atoms. The molecule has 0 spiro atoms. The van der Waals surface area contributed by atoms with Gasteiger partial charge in [-0.15, -0.1) is 6.42 Å². The molecule has 0 amide bonds. The van der Waals surface area contributed by atoms with Gasteiger partial charge in [-0.2, -0.15) is 0 Å². The van der Waals surface area contributed by atoms with E-state index in [-0.39, 0.29) is 6.04 Å². The predicted molar refractivity (Wildman–Crippen MR) is 56.2 cm³/mol. The standard InChI is InChI=1S/C11H20N2/c1-3-9(2)13-11-7-5-4-6-10(11)8-12/h1,9-11,13H,4-8,12H2,2H3. The lowest BCUT2D eigenvalue weighted by Crippen LogP contribution is -2.45. The normalized spacial score (nSPS) is 30.8. The van der Waals surface area contributed by atoms with Crippen LogP contribution < -0.4 is 11.1 Å². The van der Waals surface area contributed by atoms with Crippen LogP contribution >= 0.6 is 0 Å². The number of nitrogens with two attached hydrogens (primary N) is 1. The monoisotopic (exact) mass is 180 g/mol. The second kappa shape index (κ2) is 5.26. The summed E-state index contributed by atoms with van der Waals surface area (Å²) < 4.78 is 0. The molecule has 1 saturated carbocycles. The van der Waals surface area contributed by atoms with Crippen molar-refractivity contribution in [1.29, 1.82) is 0 Å². The Morgan fingerprint density at radius 1 is 1.54 bits per heavy atom. The quantitative estimate of drug-likeness (QED) is 0.639. The van der Waals surface area contributed by atoms with Gasteiger partial charge >= 0.3 is 0 Å². The van der Waals surface area contributed by atoms with Crippen LogP contribution in [0.4, 0.5) is 0 Å². The Morgan fingerprint density at radius 3 is 2.85 bits per heavy atom. The number of hydrogen-bond acceptors (Lipinski definition) is 2. The topological polar surface area (TPSA) is 38.0 Å². The molecule has 3 unspecified atom stereocenters. The predicted octanol–water partition coefficient (Wildman–Crippen LogP) is 1.12. The molecule has 0 saturated heterocycles. The van der Waals surface area contributed by atoms with E-state index in [1.54, 1.807) is 0 Å². The summed E-state index contributed by atoms with van der Waals surface area (Å²) in [5, 5.41) is 3.45. The minimum atomic E-state index is 0.178. The third kappa shape index (κ3) is 3.02. The fourth-order valence-corrected chi connectivity index (χ4v) is 2.08. The third-order valence-corrected chi connectivity index (χ3v) is 2.93. The lowest BCUT2D eigenvalue weighted by molar-refractivity contribution is 0.262. The van der Waals surface area contributed by atoms with Gasteiger partial charge in [0.25, 0.3) is 0 Å². The minimum absolute atomic E-state index is 0.178. The minimum Gasteiger partial charge on any atom is -0.330 e. The van der Waals surface area contributed by atoms with Gasteiger partial charge in [0, 0.05) is 6.04 Å². The molecule has 2 heteroatoms. The van der Waals surface area contributed by atoms with Gasteiger partial charge in [0.05, 0.1) is 6.04 Å².